The summed E-state index contributed by atoms with van der Waals surface area (Å²) in [5.41, 5.74) is 6.93. The topological polar surface area (TPSA) is 69.2 Å². The van der Waals surface area contributed by atoms with Crippen LogP contribution in [0.1, 0.15) is 24.9 Å². The predicted octanol–water partition coefficient (Wildman–Crippen LogP) is 2.61. The van der Waals surface area contributed by atoms with Gasteiger partial charge in [-0.2, -0.15) is 0 Å². The fourth-order valence-electron chi connectivity index (χ4n) is 1.15. The summed E-state index contributed by atoms with van der Waals surface area (Å²) >= 11 is 2.07. The number of hydrogen-bond acceptors (Lipinski definition) is 3. The SMILES string of the molecule is CC[C@@H](N)c1ccc([N+](=O)[O-])cc1I. The Morgan fingerprint density at radius 1 is 1.64 bits per heavy atom. The van der Waals surface area contributed by atoms with Crippen LogP contribution in [0.25, 0.3) is 0 Å². The van der Waals surface area contributed by atoms with Gasteiger partial charge in [0.05, 0.1) is 4.92 Å². The summed E-state index contributed by atoms with van der Waals surface area (Å²) in [6.07, 6.45) is 0.827. The van der Waals surface area contributed by atoms with E-state index in [0.717, 1.165) is 15.6 Å². The number of rotatable bonds is 3. The molecule has 5 heteroatoms. The molecule has 0 spiro atoms. The lowest BCUT2D eigenvalue weighted by Crippen LogP contribution is -2.10. The average molecular weight is 306 g/mol. The quantitative estimate of drug-likeness (QED) is 0.530. The average Bonchev–Trinajstić information content (AvgIpc) is 2.16. The molecular weight excluding hydrogens is 295 g/mol. The van der Waals surface area contributed by atoms with Gasteiger partial charge < -0.3 is 5.73 Å². The molecule has 0 heterocycles. The third-order valence-electron chi connectivity index (χ3n) is 2.03. The molecule has 76 valence electrons. The van der Waals surface area contributed by atoms with Crippen LogP contribution in [0.5, 0.6) is 0 Å². The first-order chi connectivity index (χ1) is 6.56. The second-order valence-corrected chi connectivity index (χ2v) is 4.14. The molecule has 0 amide bonds. The maximum absolute atomic E-state index is 10.5. The highest BCUT2D eigenvalue weighted by molar-refractivity contribution is 14.1. The van der Waals surface area contributed by atoms with Crippen LogP contribution in [-0.2, 0) is 0 Å². The minimum Gasteiger partial charge on any atom is -0.324 e. The molecule has 0 saturated carbocycles. The van der Waals surface area contributed by atoms with Crippen LogP contribution in [0.4, 0.5) is 5.69 Å². The van der Waals surface area contributed by atoms with Crippen LogP contribution in [-0.4, -0.2) is 4.92 Å². The molecule has 14 heavy (non-hydrogen) atoms. The van der Waals surface area contributed by atoms with Gasteiger partial charge in [-0.15, -0.1) is 0 Å². The Morgan fingerprint density at radius 3 is 2.71 bits per heavy atom. The number of nitro groups is 1. The summed E-state index contributed by atoms with van der Waals surface area (Å²) in [7, 11) is 0. The number of nitro benzene ring substituents is 1. The molecule has 0 aliphatic rings. The molecule has 1 rings (SSSR count). The predicted molar refractivity (Wildman–Crippen MR) is 63.0 cm³/mol. The molecule has 0 radical (unpaired) electrons. The van der Waals surface area contributed by atoms with Crippen LogP contribution in [0.3, 0.4) is 0 Å². The number of nitrogens with zero attached hydrogens (tertiary/aromatic N) is 1. The van der Waals surface area contributed by atoms with E-state index in [1.54, 1.807) is 12.1 Å². The highest BCUT2D eigenvalue weighted by Gasteiger charge is 2.12. The summed E-state index contributed by atoms with van der Waals surface area (Å²) in [5, 5.41) is 10.5. The van der Waals surface area contributed by atoms with Crippen molar-refractivity contribution >= 4 is 28.3 Å². The summed E-state index contributed by atoms with van der Waals surface area (Å²) in [5.74, 6) is 0. The van der Waals surface area contributed by atoms with Crippen LogP contribution < -0.4 is 5.73 Å². The van der Waals surface area contributed by atoms with Crippen LogP contribution in [0, 0.1) is 13.7 Å². The van der Waals surface area contributed by atoms with Crippen molar-refractivity contribution < 1.29 is 4.92 Å². The zero-order valence-corrected chi connectivity index (χ0v) is 9.89. The van der Waals surface area contributed by atoms with Crippen molar-refractivity contribution in [1.29, 1.82) is 0 Å². The summed E-state index contributed by atoms with van der Waals surface area (Å²) in [6.45, 7) is 1.99. The van der Waals surface area contributed by atoms with Crippen LogP contribution in [0.2, 0.25) is 0 Å². The van der Waals surface area contributed by atoms with Gasteiger partial charge in [-0.05, 0) is 40.6 Å². The van der Waals surface area contributed by atoms with E-state index in [2.05, 4.69) is 22.6 Å². The van der Waals surface area contributed by atoms with E-state index in [0.29, 0.717) is 0 Å². The van der Waals surface area contributed by atoms with Crippen LogP contribution >= 0.6 is 22.6 Å². The molecule has 0 aromatic heterocycles. The molecule has 1 atom stereocenters. The van der Waals surface area contributed by atoms with Gasteiger partial charge in [-0.25, -0.2) is 0 Å². The molecule has 0 unspecified atom stereocenters. The maximum Gasteiger partial charge on any atom is 0.270 e. The first-order valence-corrected chi connectivity index (χ1v) is 5.33. The van der Waals surface area contributed by atoms with Gasteiger partial charge >= 0.3 is 0 Å². The Hall–Kier alpha value is -0.690. The first-order valence-electron chi connectivity index (χ1n) is 4.25. The summed E-state index contributed by atoms with van der Waals surface area (Å²) in [4.78, 5) is 10.1. The number of nitrogens with two attached hydrogens (primary N) is 1. The molecule has 0 aliphatic carbocycles. The number of halogens is 1. The Balaban J connectivity index is 3.07. The van der Waals surface area contributed by atoms with E-state index in [1.807, 2.05) is 6.92 Å². The lowest BCUT2D eigenvalue weighted by molar-refractivity contribution is -0.385. The van der Waals surface area contributed by atoms with Crippen molar-refractivity contribution in [2.24, 2.45) is 5.73 Å². The van der Waals surface area contributed by atoms with Crippen molar-refractivity contribution in [2.75, 3.05) is 0 Å². The first kappa shape index (κ1) is 11.4. The molecule has 0 saturated heterocycles. The molecule has 1 aromatic carbocycles. The summed E-state index contributed by atoms with van der Waals surface area (Å²) in [6, 6.07) is 4.73. The van der Waals surface area contributed by atoms with E-state index in [9.17, 15) is 10.1 Å². The third-order valence-corrected chi connectivity index (χ3v) is 2.97. The second-order valence-electron chi connectivity index (χ2n) is 2.98. The van der Waals surface area contributed by atoms with Gasteiger partial charge in [0.25, 0.3) is 5.69 Å². The van der Waals surface area contributed by atoms with Crippen molar-refractivity contribution in [3.63, 3.8) is 0 Å². The van der Waals surface area contributed by atoms with Gasteiger partial charge in [0, 0.05) is 21.7 Å². The molecular formula is C9H11IN2O2. The molecule has 0 fully saturated rings. The highest BCUT2D eigenvalue weighted by atomic mass is 127. The Morgan fingerprint density at radius 2 is 2.29 bits per heavy atom. The lowest BCUT2D eigenvalue weighted by atomic mass is 10.1. The van der Waals surface area contributed by atoms with Gasteiger partial charge in [0.2, 0.25) is 0 Å². The standard InChI is InChI=1S/C9H11IN2O2/c1-2-9(11)7-4-3-6(12(13)14)5-8(7)10/h3-5,9H,2,11H2,1H3/t9-/m1/s1. The number of hydrogen-bond donors (Lipinski definition) is 1. The monoisotopic (exact) mass is 306 g/mol. The van der Waals surface area contributed by atoms with Crippen LogP contribution in [0.15, 0.2) is 18.2 Å². The Labute approximate surface area is 95.8 Å². The lowest BCUT2D eigenvalue weighted by Gasteiger charge is -2.10. The van der Waals surface area contributed by atoms with Crippen molar-refractivity contribution in [1.82, 2.24) is 0 Å². The Bertz CT molecular complexity index is 355. The van der Waals surface area contributed by atoms with E-state index in [-0.39, 0.29) is 11.7 Å². The van der Waals surface area contributed by atoms with E-state index < -0.39 is 4.92 Å². The number of non-ortho nitro benzene ring substituents is 1. The normalized spacial score (nSPS) is 12.5. The van der Waals surface area contributed by atoms with Gasteiger partial charge in [0.1, 0.15) is 0 Å². The van der Waals surface area contributed by atoms with E-state index in [4.69, 9.17) is 5.73 Å². The van der Waals surface area contributed by atoms with Crippen molar-refractivity contribution in [3.8, 4) is 0 Å². The minimum atomic E-state index is -0.399. The molecule has 0 bridgehead atoms. The molecule has 1 aromatic rings. The Kier molecular flexibility index (Phi) is 3.82. The van der Waals surface area contributed by atoms with Crippen molar-refractivity contribution in [3.05, 3.63) is 37.4 Å². The van der Waals surface area contributed by atoms with Gasteiger partial charge in [-0.1, -0.05) is 6.92 Å². The second kappa shape index (κ2) is 4.70. The fraction of sp³-hybridized carbons (Fsp3) is 0.333. The smallest absolute Gasteiger partial charge is 0.270 e. The highest BCUT2D eigenvalue weighted by Crippen LogP contribution is 2.24. The number of benzene rings is 1. The van der Waals surface area contributed by atoms with E-state index in [1.165, 1.54) is 6.07 Å². The largest absolute Gasteiger partial charge is 0.324 e. The van der Waals surface area contributed by atoms with Crippen molar-refractivity contribution in [2.45, 2.75) is 19.4 Å². The maximum atomic E-state index is 10.5. The third kappa shape index (κ3) is 2.42. The zero-order chi connectivity index (χ0) is 10.7. The van der Waals surface area contributed by atoms with E-state index >= 15 is 0 Å². The zero-order valence-electron chi connectivity index (χ0n) is 7.74. The molecule has 0 aliphatic heterocycles. The minimum absolute atomic E-state index is 0.0392. The van der Waals surface area contributed by atoms with Gasteiger partial charge in [0.15, 0.2) is 0 Å². The molecule has 4 nitrogen and oxygen atoms in total. The van der Waals surface area contributed by atoms with Gasteiger partial charge in [-0.3, -0.25) is 10.1 Å². The summed E-state index contributed by atoms with van der Waals surface area (Å²) < 4.78 is 0.853. The molecule has 2 N–H and O–H groups in total. The fourth-order valence-corrected chi connectivity index (χ4v) is 2.05.